The second-order valence-electron chi connectivity index (χ2n) is 6.21. The van der Waals surface area contributed by atoms with Crippen LogP contribution in [0.15, 0.2) is 65.6 Å². The van der Waals surface area contributed by atoms with Crippen molar-refractivity contribution in [3.8, 4) is 5.75 Å². The molecule has 1 unspecified atom stereocenters. The van der Waals surface area contributed by atoms with Crippen LogP contribution in [0.4, 0.5) is 0 Å². The molecular weight excluding hydrogens is 366 g/mol. The van der Waals surface area contributed by atoms with Crippen molar-refractivity contribution in [3.05, 3.63) is 71.8 Å². The first-order valence-electron chi connectivity index (χ1n) is 8.39. The fourth-order valence-corrected chi connectivity index (χ4v) is 4.75. The van der Waals surface area contributed by atoms with Gasteiger partial charge in [-0.05, 0) is 25.1 Å². The maximum Gasteiger partial charge on any atom is 0.330 e. The van der Waals surface area contributed by atoms with Gasteiger partial charge in [0.25, 0.3) is 0 Å². The van der Waals surface area contributed by atoms with Crippen molar-refractivity contribution in [3.63, 3.8) is 0 Å². The molecule has 1 fully saturated rings. The smallest absolute Gasteiger partial charge is 0.330 e. The maximum atomic E-state index is 13.1. The van der Waals surface area contributed by atoms with E-state index in [4.69, 9.17) is 4.74 Å². The van der Waals surface area contributed by atoms with Gasteiger partial charge in [-0.15, -0.1) is 0 Å². The van der Waals surface area contributed by atoms with E-state index in [2.05, 4.69) is 4.74 Å². The van der Waals surface area contributed by atoms with E-state index in [0.29, 0.717) is 5.75 Å². The van der Waals surface area contributed by atoms with Crippen molar-refractivity contribution < 1.29 is 22.7 Å². The Hall–Kier alpha value is -2.64. The van der Waals surface area contributed by atoms with Gasteiger partial charge >= 0.3 is 5.97 Å². The minimum atomic E-state index is -3.73. The molecular formula is C20H21NO5S. The van der Waals surface area contributed by atoms with Crippen LogP contribution in [0, 0.1) is 6.92 Å². The first kappa shape index (κ1) is 19.1. The Morgan fingerprint density at radius 2 is 1.74 bits per heavy atom. The lowest BCUT2D eigenvalue weighted by Crippen LogP contribution is -2.14. The summed E-state index contributed by atoms with van der Waals surface area (Å²) in [6, 6.07) is 13.0. The topological polar surface area (TPSA) is 72.7 Å². The monoisotopic (exact) mass is 387 g/mol. The van der Waals surface area contributed by atoms with Crippen LogP contribution in [0.1, 0.15) is 17.2 Å². The highest BCUT2D eigenvalue weighted by Crippen LogP contribution is 2.50. The van der Waals surface area contributed by atoms with Crippen molar-refractivity contribution in [2.75, 3.05) is 14.2 Å². The second kappa shape index (κ2) is 7.54. The first-order valence-corrected chi connectivity index (χ1v) is 9.83. The van der Waals surface area contributed by atoms with Crippen LogP contribution in [0.2, 0.25) is 0 Å². The number of carbonyl (C=O) groups excluding carboxylic acids is 1. The number of hydrogen-bond donors (Lipinski definition) is 0. The predicted octanol–water partition coefficient (Wildman–Crippen LogP) is 2.85. The Labute approximate surface area is 159 Å². The predicted molar refractivity (Wildman–Crippen MR) is 101 cm³/mol. The van der Waals surface area contributed by atoms with Gasteiger partial charge in [0, 0.05) is 11.6 Å². The first-order chi connectivity index (χ1) is 12.9. The summed E-state index contributed by atoms with van der Waals surface area (Å²) in [6.07, 6.45) is 2.80. The fraction of sp³-hybridized carbons (Fsp3) is 0.250. The lowest BCUT2D eigenvalue weighted by Gasteiger charge is -2.09. The maximum absolute atomic E-state index is 13.1. The number of aryl methyl sites for hydroxylation is 1. The third kappa shape index (κ3) is 3.74. The van der Waals surface area contributed by atoms with Crippen LogP contribution in [0.3, 0.4) is 0 Å². The van der Waals surface area contributed by atoms with Gasteiger partial charge in [0.05, 0.1) is 31.2 Å². The number of esters is 1. The molecule has 0 spiro atoms. The molecule has 1 heterocycles. The number of hydrogen-bond acceptors (Lipinski definition) is 5. The Bertz CT molecular complexity index is 966. The lowest BCUT2D eigenvalue weighted by molar-refractivity contribution is -0.134. The Morgan fingerprint density at radius 1 is 1.07 bits per heavy atom. The van der Waals surface area contributed by atoms with Gasteiger partial charge in [0.2, 0.25) is 10.0 Å². The van der Waals surface area contributed by atoms with Crippen molar-refractivity contribution in [1.29, 1.82) is 0 Å². The second-order valence-corrected chi connectivity index (χ2v) is 8.05. The van der Waals surface area contributed by atoms with E-state index in [1.165, 1.54) is 17.5 Å². The van der Waals surface area contributed by atoms with Crippen LogP contribution < -0.4 is 4.74 Å². The molecule has 2 aromatic carbocycles. The molecule has 0 aliphatic carbocycles. The molecule has 7 heteroatoms. The molecule has 0 N–H and O–H groups in total. The zero-order chi connectivity index (χ0) is 19.6. The average molecular weight is 387 g/mol. The third-order valence-electron chi connectivity index (χ3n) is 4.49. The quantitative estimate of drug-likeness (QED) is 0.433. The Morgan fingerprint density at radius 3 is 2.37 bits per heavy atom. The molecule has 1 aliphatic heterocycles. The molecule has 0 radical (unpaired) electrons. The normalized spacial score (nSPS) is 21.8. The van der Waals surface area contributed by atoms with Gasteiger partial charge in [-0.1, -0.05) is 42.0 Å². The molecule has 142 valence electrons. The number of methoxy groups -OCH3 is 2. The standard InChI is InChI=1S/C20H21NO5S/c1-14-8-10-15(11-9-14)27(23,24)21-17(12-13-19(22)26-3)20(21)16-6-4-5-7-18(16)25-2/h4-13,17,20H,1-3H3/b13-12+/t17-,20+,21?/m1/s1. The molecule has 0 aromatic heterocycles. The number of rotatable bonds is 6. The Kier molecular flexibility index (Phi) is 5.34. The van der Waals surface area contributed by atoms with Crippen molar-refractivity contribution in [2.24, 2.45) is 0 Å². The SMILES string of the molecule is COC(=O)/C=C/[C@@H]1[C@H](c2ccccc2OC)N1S(=O)(=O)c1ccc(C)cc1. The summed E-state index contributed by atoms with van der Waals surface area (Å²) in [5, 5.41) is 0. The van der Waals surface area contributed by atoms with Crippen molar-refractivity contribution in [2.45, 2.75) is 23.9 Å². The zero-order valence-corrected chi connectivity index (χ0v) is 16.1. The summed E-state index contributed by atoms with van der Waals surface area (Å²) in [4.78, 5) is 11.7. The number of carbonyl (C=O) groups is 1. The van der Waals surface area contributed by atoms with Crippen molar-refractivity contribution >= 4 is 16.0 Å². The van der Waals surface area contributed by atoms with Crippen molar-refractivity contribution in [1.82, 2.24) is 4.31 Å². The summed E-state index contributed by atoms with van der Waals surface area (Å²) in [6.45, 7) is 1.90. The molecule has 6 nitrogen and oxygen atoms in total. The van der Waals surface area contributed by atoms with E-state index in [1.54, 1.807) is 43.5 Å². The van der Waals surface area contributed by atoms with Crippen LogP contribution in [-0.2, 0) is 19.6 Å². The van der Waals surface area contributed by atoms with E-state index in [9.17, 15) is 13.2 Å². The molecule has 1 saturated heterocycles. The van der Waals surface area contributed by atoms with Crippen LogP contribution in [0.25, 0.3) is 0 Å². The number of sulfonamides is 1. The highest BCUT2D eigenvalue weighted by Gasteiger charge is 2.55. The van der Waals surface area contributed by atoms with Gasteiger partial charge in [0.15, 0.2) is 0 Å². The fourth-order valence-electron chi connectivity index (χ4n) is 3.04. The summed E-state index contributed by atoms with van der Waals surface area (Å²) in [7, 11) is -0.917. The van der Waals surface area contributed by atoms with Gasteiger partial charge in [0.1, 0.15) is 5.75 Å². The van der Waals surface area contributed by atoms with Crippen LogP contribution >= 0.6 is 0 Å². The number of nitrogens with zero attached hydrogens (tertiary/aromatic N) is 1. The molecule has 0 bridgehead atoms. The van der Waals surface area contributed by atoms with E-state index in [-0.39, 0.29) is 4.90 Å². The van der Waals surface area contributed by atoms with E-state index >= 15 is 0 Å². The highest BCUT2D eigenvalue weighted by atomic mass is 32.2. The van der Waals surface area contributed by atoms with Gasteiger partial charge in [-0.2, -0.15) is 4.31 Å². The summed E-state index contributed by atoms with van der Waals surface area (Å²) in [5.74, 6) is 0.0638. The lowest BCUT2D eigenvalue weighted by atomic mass is 10.1. The molecule has 2 aromatic rings. The van der Waals surface area contributed by atoms with E-state index in [0.717, 1.165) is 11.1 Å². The number of para-hydroxylation sites is 1. The largest absolute Gasteiger partial charge is 0.496 e. The summed E-state index contributed by atoms with van der Waals surface area (Å²) >= 11 is 0. The van der Waals surface area contributed by atoms with Crippen LogP contribution in [0.5, 0.6) is 5.75 Å². The van der Waals surface area contributed by atoms with Gasteiger partial charge < -0.3 is 9.47 Å². The number of benzene rings is 2. The minimum absolute atomic E-state index is 0.210. The van der Waals surface area contributed by atoms with Gasteiger partial charge in [-0.3, -0.25) is 0 Å². The van der Waals surface area contributed by atoms with Crippen LogP contribution in [-0.4, -0.2) is 39.0 Å². The molecule has 1 aliphatic rings. The average Bonchev–Trinajstić information content (AvgIpc) is 3.41. The highest BCUT2D eigenvalue weighted by molar-refractivity contribution is 7.89. The molecule has 0 amide bonds. The molecule has 27 heavy (non-hydrogen) atoms. The summed E-state index contributed by atoms with van der Waals surface area (Å²) in [5.41, 5.74) is 1.72. The summed E-state index contributed by atoms with van der Waals surface area (Å²) < 4.78 is 37.7. The Balaban J connectivity index is 2.01. The van der Waals surface area contributed by atoms with E-state index in [1.807, 2.05) is 25.1 Å². The minimum Gasteiger partial charge on any atom is -0.496 e. The number of ether oxygens (including phenoxy) is 2. The van der Waals surface area contributed by atoms with Gasteiger partial charge in [-0.25, -0.2) is 13.2 Å². The zero-order valence-electron chi connectivity index (χ0n) is 15.3. The molecule has 3 rings (SSSR count). The third-order valence-corrected chi connectivity index (χ3v) is 6.38. The molecule has 3 atom stereocenters. The molecule has 0 saturated carbocycles. The van der Waals surface area contributed by atoms with E-state index < -0.39 is 28.1 Å².